The zero-order valence-electron chi connectivity index (χ0n) is 18.9. The van der Waals surface area contributed by atoms with E-state index >= 15 is 0 Å². The van der Waals surface area contributed by atoms with Gasteiger partial charge in [0, 0.05) is 31.6 Å². The number of benzene rings is 1. The number of amides is 1. The van der Waals surface area contributed by atoms with Crippen molar-refractivity contribution in [2.45, 2.75) is 27.4 Å². The molecule has 0 unspecified atom stereocenters. The Labute approximate surface area is 196 Å². The first-order valence-corrected chi connectivity index (χ1v) is 11.6. The molecule has 33 heavy (non-hydrogen) atoms. The van der Waals surface area contributed by atoms with E-state index in [9.17, 15) is 9.59 Å². The molecule has 8 nitrogen and oxygen atoms in total. The van der Waals surface area contributed by atoms with Gasteiger partial charge in [0.25, 0.3) is 0 Å². The maximum Gasteiger partial charge on any atom is 0.340 e. The molecule has 172 valence electrons. The molecule has 1 amide bonds. The van der Waals surface area contributed by atoms with Gasteiger partial charge in [-0.3, -0.25) is 9.69 Å². The number of carbonyl (C=O) groups excluding carboxylic acids is 2. The zero-order chi connectivity index (χ0) is 23.4. The van der Waals surface area contributed by atoms with E-state index < -0.39 is 5.97 Å². The Balaban J connectivity index is 1.40. The molecular formula is C24H26N4O4S. The van der Waals surface area contributed by atoms with Crippen molar-refractivity contribution in [1.29, 1.82) is 0 Å². The summed E-state index contributed by atoms with van der Waals surface area (Å²) in [5.74, 6) is 0.209. The number of aryl methyl sites for hydroxylation is 2. The highest BCUT2D eigenvalue weighted by Gasteiger charge is 2.19. The number of ether oxygens (including phenoxy) is 2. The summed E-state index contributed by atoms with van der Waals surface area (Å²) in [7, 11) is 0. The van der Waals surface area contributed by atoms with Crippen LogP contribution < -0.4 is 9.80 Å². The number of morpholine rings is 1. The average molecular weight is 467 g/mol. The SMILES string of the molecule is CC(=O)N(c1ccc(C)c(C)c1)c1nc(COC(=O)c2ccc(N3CCOCC3)nc2)cs1. The van der Waals surface area contributed by atoms with Gasteiger partial charge in [-0.15, -0.1) is 11.3 Å². The third-order valence-electron chi connectivity index (χ3n) is 5.46. The fraction of sp³-hybridized carbons (Fsp3) is 0.333. The lowest BCUT2D eigenvalue weighted by Gasteiger charge is -2.27. The minimum Gasteiger partial charge on any atom is -0.456 e. The minimum absolute atomic E-state index is 0.0131. The monoisotopic (exact) mass is 466 g/mol. The summed E-state index contributed by atoms with van der Waals surface area (Å²) < 4.78 is 10.8. The molecule has 3 aromatic rings. The van der Waals surface area contributed by atoms with Crippen LogP contribution in [0.3, 0.4) is 0 Å². The molecule has 0 spiro atoms. The number of esters is 1. The zero-order valence-corrected chi connectivity index (χ0v) is 19.7. The highest BCUT2D eigenvalue weighted by atomic mass is 32.1. The van der Waals surface area contributed by atoms with E-state index in [2.05, 4.69) is 14.9 Å². The van der Waals surface area contributed by atoms with Crippen LogP contribution in [0.4, 0.5) is 16.6 Å². The van der Waals surface area contributed by atoms with Gasteiger partial charge in [0.1, 0.15) is 12.4 Å². The maximum absolute atomic E-state index is 12.5. The third kappa shape index (κ3) is 5.37. The molecule has 0 saturated carbocycles. The molecule has 3 heterocycles. The maximum atomic E-state index is 12.5. The van der Waals surface area contributed by atoms with Gasteiger partial charge < -0.3 is 14.4 Å². The summed E-state index contributed by atoms with van der Waals surface area (Å²) in [6.07, 6.45) is 1.52. The highest BCUT2D eigenvalue weighted by molar-refractivity contribution is 7.14. The molecule has 4 rings (SSSR count). The van der Waals surface area contributed by atoms with Crippen LogP contribution >= 0.6 is 11.3 Å². The number of aromatic nitrogens is 2. The van der Waals surface area contributed by atoms with Crippen LogP contribution in [-0.2, 0) is 20.9 Å². The Kier molecular flexibility index (Phi) is 7.00. The molecule has 1 aliphatic heterocycles. The van der Waals surface area contributed by atoms with Crippen LogP contribution in [-0.4, -0.2) is 48.1 Å². The number of rotatable bonds is 6. The molecule has 0 atom stereocenters. The Morgan fingerprint density at radius 3 is 2.61 bits per heavy atom. The number of anilines is 3. The fourth-order valence-corrected chi connectivity index (χ4v) is 4.34. The van der Waals surface area contributed by atoms with E-state index in [1.807, 2.05) is 38.1 Å². The van der Waals surface area contributed by atoms with Gasteiger partial charge in [0.15, 0.2) is 5.13 Å². The van der Waals surface area contributed by atoms with E-state index in [0.29, 0.717) is 29.6 Å². The van der Waals surface area contributed by atoms with Crippen LogP contribution in [0.1, 0.15) is 34.1 Å². The molecule has 0 radical (unpaired) electrons. The van der Waals surface area contributed by atoms with Crippen LogP contribution in [0.15, 0.2) is 41.9 Å². The van der Waals surface area contributed by atoms with Crippen LogP contribution in [0.5, 0.6) is 0 Å². The van der Waals surface area contributed by atoms with E-state index in [-0.39, 0.29) is 12.5 Å². The van der Waals surface area contributed by atoms with Crippen molar-refractivity contribution in [2.24, 2.45) is 0 Å². The first-order valence-electron chi connectivity index (χ1n) is 10.7. The number of pyridine rings is 1. The standard InChI is InChI=1S/C24H26N4O4S/c1-16-4-6-21(12-17(16)2)28(18(3)29)24-26-20(15-33-24)14-32-23(30)19-5-7-22(25-13-19)27-8-10-31-11-9-27/h4-7,12-13,15H,8-11,14H2,1-3H3. The Morgan fingerprint density at radius 2 is 1.94 bits per heavy atom. The minimum atomic E-state index is -0.469. The van der Waals surface area contributed by atoms with Gasteiger partial charge in [-0.25, -0.2) is 14.8 Å². The molecule has 0 N–H and O–H groups in total. The molecule has 9 heteroatoms. The number of hydrogen-bond acceptors (Lipinski definition) is 8. The lowest BCUT2D eigenvalue weighted by molar-refractivity contribution is -0.115. The molecule has 2 aromatic heterocycles. The summed E-state index contributed by atoms with van der Waals surface area (Å²) in [6, 6.07) is 9.38. The second-order valence-electron chi connectivity index (χ2n) is 7.83. The smallest absolute Gasteiger partial charge is 0.340 e. The van der Waals surface area contributed by atoms with Crippen molar-refractivity contribution in [3.63, 3.8) is 0 Å². The van der Waals surface area contributed by atoms with E-state index in [1.54, 1.807) is 16.3 Å². The summed E-state index contributed by atoms with van der Waals surface area (Å²) in [4.78, 5) is 37.4. The molecule has 1 aliphatic rings. The number of nitrogens with zero attached hydrogens (tertiary/aromatic N) is 4. The van der Waals surface area contributed by atoms with Crippen LogP contribution in [0.25, 0.3) is 0 Å². The van der Waals surface area contributed by atoms with Gasteiger partial charge in [-0.1, -0.05) is 6.07 Å². The molecule has 0 bridgehead atoms. The van der Waals surface area contributed by atoms with Crippen molar-refractivity contribution in [1.82, 2.24) is 9.97 Å². The normalized spacial score (nSPS) is 13.6. The first kappa shape index (κ1) is 22.9. The molecule has 1 aromatic carbocycles. The predicted molar refractivity (Wildman–Crippen MR) is 127 cm³/mol. The number of carbonyl (C=O) groups is 2. The molecular weight excluding hydrogens is 440 g/mol. The fourth-order valence-electron chi connectivity index (χ4n) is 3.47. The topological polar surface area (TPSA) is 84.9 Å². The predicted octanol–water partition coefficient (Wildman–Crippen LogP) is 4.03. The molecule has 0 aliphatic carbocycles. The van der Waals surface area contributed by atoms with Crippen LogP contribution in [0, 0.1) is 13.8 Å². The summed E-state index contributed by atoms with van der Waals surface area (Å²) in [5, 5.41) is 2.33. The van der Waals surface area contributed by atoms with Crippen molar-refractivity contribution in [2.75, 3.05) is 36.1 Å². The summed E-state index contributed by atoms with van der Waals surface area (Å²) in [6.45, 7) is 8.45. The quantitative estimate of drug-likeness (QED) is 0.507. The average Bonchev–Trinajstić information content (AvgIpc) is 3.28. The highest BCUT2D eigenvalue weighted by Crippen LogP contribution is 2.30. The third-order valence-corrected chi connectivity index (χ3v) is 6.34. The second kappa shape index (κ2) is 10.1. The van der Waals surface area contributed by atoms with Gasteiger partial charge in [0.05, 0.1) is 30.2 Å². The molecule has 1 saturated heterocycles. The van der Waals surface area contributed by atoms with Gasteiger partial charge in [-0.2, -0.15) is 0 Å². The van der Waals surface area contributed by atoms with Crippen molar-refractivity contribution >= 4 is 39.9 Å². The summed E-state index contributed by atoms with van der Waals surface area (Å²) >= 11 is 1.33. The number of hydrogen-bond donors (Lipinski definition) is 0. The lowest BCUT2D eigenvalue weighted by atomic mass is 10.1. The van der Waals surface area contributed by atoms with E-state index in [4.69, 9.17) is 9.47 Å². The second-order valence-corrected chi connectivity index (χ2v) is 8.66. The molecule has 1 fully saturated rings. The van der Waals surface area contributed by atoms with Crippen molar-refractivity contribution < 1.29 is 19.1 Å². The van der Waals surface area contributed by atoms with Crippen molar-refractivity contribution in [3.8, 4) is 0 Å². The summed E-state index contributed by atoms with van der Waals surface area (Å²) in [5.41, 5.74) is 3.97. The lowest BCUT2D eigenvalue weighted by Crippen LogP contribution is -2.36. The Bertz CT molecular complexity index is 1140. The first-order chi connectivity index (χ1) is 15.9. The Morgan fingerprint density at radius 1 is 1.15 bits per heavy atom. The number of thiazole rings is 1. The largest absolute Gasteiger partial charge is 0.456 e. The van der Waals surface area contributed by atoms with E-state index in [0.717, 1.165) is 35.7 Å². The van der Waals surface area contributed by atoms with Gasteiger partial charge in [-0.05, 0) is 49.2 Å². The van der Waals surface area contributed by atoms with Crippen molar-refractivity contribution in [3.05, 3.63) is 64.3 Å². The van der Waals surface area contributed by atoms with Crippen LogP contribution in [0.2, 0.25) is 0 Å². The van der Waals surface area contributed by atoms with Gasteiger partial charge >= 0.3 is 5.97 Å². The van der Waals surface area contributed by atoms with Gasteiger partial charge in [0.2, 0.25) is 5.91 Å². The Hall–Kier alpha value is -3.30. The van der Waals surface area contributed by atoms with E-state index in [1.165, 1.54) is 24.5 Å².